The SMILES string of the molecule is O=c1[nH]c2ccccc2nc1CN1CCC[C@H]1CO. The molecule has 19 heavy (non-hydrogen) atoms. The third-order valence-corrected chi connectivity index (χ3v) is 3.73. The molecule has 1 aliphatic heterocycles. The number of aliphatic hydroxyl groups excluding tert-OH is 1. The number of nitrogens with zero attached hydrogens (tertiary/aromatic N) is 2. The maximum absolute atomic E-state index is 12.0. The van der Waals surface area contributed by atoms with Crippen LogP contribution in [0.3, 0.4) is 0 Å². The summed E-state index contributed by atoms with van der Waals surface area (Å²) in [6.45, 7) is 1.57. The Balaban J connectivity index is 1.92. The molecule has 2 N–H and O–H groups in total. The monoisotopic (exact) mass is 259 g/mol. The minimum Gasteiger partial charge on any atom is -0.395 e. The second kappa shape index (κ2) is 5.11. The van der Waals surface area contributed by atoms with E-state index in [1.807, 2.05) is 24.3 Å². The summed E-state index contributed by atoms with van der Waals surface area (Å²) in [6.07, 6.45) is 2.05. The second-order valence-electron chi connectivity index (χ2n) is 4.98. The van der Waals surface area contributed by atoms with Crippen molar-refractivity contribution in [2.75, 3.05) is 13.2 Å². The van der Waals surface area contributed by atoms with Gasteiger partial charge in [0.1, 0.15) is 5.69 Å². The van der Waals surface area contributed by atoms with Gasteiger partial charge in [-0.25, -0.2) is 4.98 Å². The maximum Gasteiger partial charge on any atom is 0.271 e. The summed E-state index contributed by atoms with van der Waals surface area (Å²) >= 11 is 0. The molecule has 3 rings (SSSR count). The molecule has 1 aromatic heterocycles. The Hall–Kier alpha value is -1.72. The van der Waals surface area contributed by atoms with Crippen LogP contribution in [0, 0.1) is 0 Å². The molecule has 1 fully saturated rings. The molecule has 0 amide bonds. The topological polar surface area (TPSA) is 69.2 Å². The maximum atomic E-state index is 12.0. The number of aromatic amines is 1. The van der Waals surface area contributed by atoms with Crippen molar-refractivity contribution in [1.29, 1.82) is 0 Å². The van der Waals surface area contributed by atoms with Crippen LogP contribution in [0.25, 0.3) is 11.0 Å². The molecule has 5 nitrogen and oxygen atoms in total. The van der Waals surface area contributed by atoms with E-state index in [2.05, 4.69) is 14.9 Å². The van der Waals surface area contributed by atoms with E-state index in [4.69, 9.17) is 0 Å². The number of hydrogen-bond acceptors (Lipinski definition) is 4. The van der Waals surface area contributed by atoms with Crippen molar-refractivity contribution in [3.05, 3.63) is 40.3 Å². The molecule has 0 saturated carbocycles. The highest BCUT2D eigenvalue weighted by molar-refractivity contribution is 5.73. The van der Waals surface area contributed by atoms with Crippen LogP contribution in [0.5, 0.6) is 0 Å². The molecule has 1 aliphatic rings. The largest absolute Gasteiger partial charge is 0.395 e. The average Bonchev–Trinajstić information content (AvgIpc) is 2.87. The van der Waals surface area contributed by atoms with Gasteiger partial charge in [0.2, 0.25) is 0 Å². The van der Waals surface area contributed by atoms with Crippen molar-refractivity contribution in [1.82, 2.24) is 14.9 Å². The van der Waals surface area contributed by atoms with E-state index in [1.165, 1.54) is 0 Å². The van der Waals surface area contributed by atoms with Crippen LogP contribution >= 0.6 is 0 Å². The van der Waals surface area contributed by atoms with Crippen molar-refractivity contribution in [2.24, 2.45) is 0 Å². The van der Waals surface area contributed by atoms with Gasteiger partial charge in [-0.15, -0.1) is 0 Å². The zero-order valence-corrected chi connectivity index (χ0v) is 10.7. The Morgan fingerprint density at radius 3 is 3.11 bits per heavy atom. The number of likely N-dealkylation sites (tertiary alicyclic amines) is 1. The highest BCUT2D eigenvalue weighted by Gasteiger charge is 2.24. The Kier molecular flexibility index (Phi) is 3.31. The Morgan fingerprint density at radius 2 is 2.26 bits per heavy atom. The summed E-state index contributed by atoms with van der Waals surface area (Å²) in [5.74, 6) is 0. The van der Waals surface area contributed by atoms with Crippen molar-refractivity contribution >= 4 is 11.0 Å². The van der Waals surface area contributed by atoms with E-state index in [0.29, 0.717) is 12.2 Å². The number of fused-ring (bicyclic) bond motifs is 1. The van der Waals surface area contributed by atoms with E-state index in [-0.39, 0.29) is 18.2 Å². The van der Waals surface area contributed by atoms with E-state index in [9.17, 15) is 9.90 Å². The summed E-state index contributed by atoms with van der Waals surface area (Å²) in [6, 6.07) is 7.68. The normalized spacial score (nSPS) is 20.2. The van der Waals surface area contributed by atoms with Gasteiger partial charge in [-0.1, -0.05) is 12.1 Å². The van der Waals surface area contributed by atoms with Crippen molar-refractivity contribution in [2.45, 2.75) is 25.4 Å². The highest BCUT2D eigenvalue weighted by Crippen LogP contribution is 2.18. The fourth-order valence-electron chi connectivity index (χ4n) is 2.68. The van der Waals surface area contributed by atoms with Crippen molar-refractivity contribution in [3.8, 4) is 0 Å². The van der Waals surface area contributed by atoms with Gasteiger partial charge in [-0.2, -0.15) is 0 Å². The molecule has 1 aromatic carbocycles. The summed E-state index contributed by atoms with van der Waals surface area (Å²) in [5, 5.41) is 9.31. The lowest BCUT2D eigenvalue weighted by molar-refractivity contribution is 0.152. The fraction of sp³-hybridized carbons (Fsp3) is 0.429. The molecule has 0 bridgehead atoms. The molecule has 0 radical (unpaired) electrons. The highest BCUT2D eigenvalue weighted by atomic mass is 16.3. The first-order valence-corrected chi connectivity index (χ1v) is 6.61. The molecule has 1 atom stereocenters. The number of nitrogens with one attached hydrogen (secondary N) is 1. The van der Waals surface area contributed by atoms with E-state index in [1.54, 1.807) is 0 Å². The molecule has 0 aliphatic carbocycles. The minimum absolute atomic E-state index is 0.137. The molecule has 0 unspecified atom stereocenters. The lowest BCUT2D eigenvalue weighted by Gasteiger charge is -2.21. The molecule has 0 spiro atoms. The summed E-state index contributed by atoms with van der Waals surface area (Å²) in [4.78, 5) is 21.4. The third kappa shape index (κ3) is 2.39. The van der Waals surface area contributed by atoms with E-state index in [0.717, 1.165) is 30.4 Å². The first kappa shape index (κ1) is 12.3. The fourth-order valence-corrected chi connectivity index (χ4v) is 2.68. The van der Waals surface area contributed by atoms with Gasteiger partial charge in [0.05, 0.1) is 17.6 Å². The smallest absolute Gasteiger partial charge is 0.271 e. The van der Waals surface area contributed by atoms with Gasteiger partial charge in [0.15, 0.2) is 0 Å². The van der Waals surface area contributed by atoms with Gasteiger partial charge in [0.25, 0.3) is 5.56 Å². The van der Waals surface area contributed by atoms with Gasteiger partial charge < -0.3 is 10.1 Å². The van der Waals surface area contributed by atoms with Crippen molar-refractivity contribution in [3.63, 3.8) is 0 Å². The van der Waals surface area contributed by atoms with Crippen LogP contribution < -0.4 is 5.56 Å². The lowest BCUT2D eigenvalue weighted by Crippen LogP contribution is -2.34. The number of rotatable bonds is 3. The third-order valence-electron chi connectivity index (χ3n) is 3.73. The lowest BCUT2D eigenvalue weighted by atomic mass is 10.2. The zero-order valence-electron chi connectivity index (χ0n) is 10.7. The minimum atomic E-state index is -0.137. The molecule has 100 valence electrons. The molecular weight excluding hydrogens is 242 g/mol. The second-order valence-corrected chi connectivity index (χ2v) is 4.98. The predicted octanol–water partition coefficient (Wildman–Crippen LogP) is 0.880. The summed E-state index contributed by atoms with van der Waals surface area (Å²) in [5.41, 5.74) is 1.95. The predicted molar refractivity (Wildman–Crippen MR) is 72.9 cm³/mol. The molecule has 2 heterocycles. The Morgan fingerprint density at radius 1 is 1.42 bits per heavy atom. The first-order chi connectivity index (χ1) is 9.28. The zero-order chi connectivity index (χ0) is 13.2. The van der Waals surface area contributed by atoms with E-state index < -0.39 is 0 Å². The Labute approximate surface area is 110 Å². The number of aromatic nitrogens is 2. The quantitative estimate of drug-likeness (QED) is 0.858. The van der Waals surface area contributed by atoms with Crippen molar-refractivity contribution < 1.29 is 5.11 Å². The number of benzene rings is 1. The number of para-hydroxylation sites is 2. The molecule has 1 saturated heterocycles. The summed E-state index contributed by atoms with van der Waals surface area (Å²) < 4.78 is 0. The molecule has 5 heteroatoms. The van der Waals surface area contributed by atoms with Gasteiger partial charge in [-0.05, 0) is 31.5 Å². The molecule has 2 aromatic rings. The van der Waals surface area contributed by atoms with Crippen LogP contribution in [-0.4, -0.2) is 39.2 Å². The average molecular weight is 259 g/mol. The number of hydrogen-bond donors (Lipinski definition) is 2. The van der Waals surface area contributed by atoms with Crippen LogP contribution in [0.2, 0.25) is 0 Å². The van der Waals surface area contributed by atoms with Gasteiger partial charge in [0, 0.05) is 12.6 Å². The number of H-pyrrole nitrogens is 1. The van der Waals surface area contributed by atoms with Gasteiger partial charge in [-0.3, -0.25) is 9.69 Å². The van der Waals surface area contributed by atoms with Crippen LogP contribution in [0.4, 0.5) is 0 Å². The first-order valence-electron chi connectivity index (χ1n) is 6.61. The van der Waals surface area contributed by atoms with E-state index >= 15 is 0 Å². The van der Waals surface area contributed by atoms with Crippen LogP contribution in [0.1, 0.15) is 18.5 Å². The van der Waals surface area contributed by atoms with Crippen LogP contribution in [-0.2, 0) is 6.54 Å². The molecular formula is C14H17N3O2. The summed E-state index contributed by atoms with van der Waals surface area (Å²) in [7, 11) is 0. The van der Waals surface area contributed by atoms with Gasteiger partial charge >= 0.3 is 0 Å². The number of aliphatic hydroxyl groups is 1. The van der Waals surface area contributed by atoms with Crippen LogP contribution in [0.15, 0.2) is 29.1 Å². The Bertz CT molecular complexity index is 638. The standard InChI is InChI=1S/C14H17N3O2/c18-9-10-4-3-7-17(10)8-13-14(19)16-12-6-2-1-5-11(12)15-13/h1-2,5-6,10,18H,3-4,7-9H2,(H,16,19)/t10-/m0/s1.